The highest BCUT2D eigenvalue weighted by Gasteiger charge is 2.29. The molecule has 0 radical (unpaired) electrons. The van der Waals surface area contributed by atoms with Crippen molar-refractivity contribution in [3.8, 4) is 0 Å². The van der Waals surface area contributed by atoms with Crippen LogP contribution in [0.4, 0.5) is 0 Å². The van der Waals surface area contributed by atoms with Crippen LogP contribution in [0.5, 0.6) is 0 Å². The van der Waals surface area contributed by atoms with Gasteiger partial charge in [0.2, 0.25) is 5.91 Å². The zero-order valence-corrected chi connectivity index (χ0v) is 16.1. The summed E-state index contributed by atoms with van der Waals surface area (Å²) < 4.78 is 12.4. The zero-order chi connectivity index (χ0) is 19.9. The topological polar surface area (TPSA) is 98.3 Å². The van der Waals surface area contributed by atoms with Gasteiger partial charge in [-0.2, -0.15) is 0 Å². The predicted molar refractivity (Wildman–Crippen MR) is 104 cm³/mol. The molecule has 29 heavy (non-hydrogen) atoms. The molecule has 1 aliphatic heterocycles. The van der Waals surface area contributed by atoms with Crippen LogP contribution in [0.2, 0.25) is 0 Å². The third-order valence-corrected chi connectivity index (χ3v) is 4.90. The SMILES string of the molecule is O=C(Cn1nnnc1C(c1ccccc1)N1CCOCC1)NCCc1ccco1. The Morgan fingerprint density at radius 3 is 2.72 bits per heavy atom. The van der Waals surface area contributed by atoms with Crippen molar-refractivity contribution in [1.29, 1.82) is 0 Å². The normalized spacial score (nSPS) is 15.9. The fourth-order valence-electron chi connectivity index (χ4n) is 3.49. The summed E-state index contributed by atoms with van der Waals surface area (Å²) >= 11 is 0. The molecule has 1 fully saturated rings. The molecule has 0 aliphatic carbocycles. The number of morpholine rings is 1. The summed E-state index contributed by atoms with van der Waals surface area (Å²) in [5.41, 5.74) is 1.09. The third kappa shape index (κ3) is 4.87. The highest BCUT2D eigenvalue weighted by Crippen LogP contribution is 2.27. The molecule has 0 spiro atoms. The number of nitrogens with one attached hydrogen (secondary N) is 1. The van der Waals surface area contributed by atoms with Gasteiger partial charge in [-0.25, -0.2) is 4.68 Å². The molecule has 152 valence electrons. The van der Waals surface area contributed by atoms with Gasteiger partial charge in [0, 0.05) is 26.1 Å². The zero-order valence-electron chi connectivity index (χ0n) is 16.1. The van der Waals surface area contributed by atoms with Gasteiger partial charge in [0.1, 0.15) is 12.3 Å². The molecule has 1 aliphatic rings. The van der Waals surface area contributed by atoms with Crippen molar-refractivity contribution in [2.75, 3.05) is 32.8 Å². The third-order valence-electron chi connectivity index (χ3n) is 4.90. The molecular weight excluding hydrogens is 372 g/mol. The summed E-state index contributed by atoms with van der Waals surface area (Å²) in [6, 6.07) is 13.7. The van der Waals surface area contributed by atoms with Crippen molar-refractivity contribution >= 4 is 5.91 Å². The Labute approximate surface area is 168 Å². The van der Waals surface area contributed by atoms with Crippen LogP contribution < -0.4 is 5.32 Å². The van der Waals surface area contributed by atoms with Crippen LogP contribution in [0.25, 0.3) is 0 Å². The number of nitrogens with zero attached hydrogens (tertiary/aromatic N) is 5. The van der Waals surface area contributed by atoms with Gasteiger partial charge in [-0.1, -0.05) is 30.3 Å². The maximum Gasteiger partial charge on any atom is 0.241 e. The van der Waals surface area contributed by atoms with Crippen LogP contribution in [0, 0.1) is 0 Å². The van der Waals surface area contributed by atoms with Crippen molar-refractivity contribution in [1.82, 2.24) is 30.4 Å². The number of benzene rings is 1. The highest BCUT2D eigenvalue weighted by atomic mass is 16.5. The monoisotopic (exact) mass is 396 g/mol. The number of rotatable bonds is 8. The van der Waals surface area contributed by atoms with E-state index < -0.39 is 0 Å². The minimum Gasteiger partial charge on any atom is -0.469 e. The fraction of sp³-hybridized carbons (Fsp3) is 0.400. The number of aromatic nitrogens is 4. The Balaban J connectivity index is 1.47. The number of amides is 1. The van der Waals surface area contributed by atoms with Crippen LogP contribution in [-0.2, 0) is 22.5 Å². The van der Waals surface area contributed by atoms with E-state index in [9.17, 15) is 4.79 Å². The van der Waals surface area contributed by atoms with Gasteiger partial charge in [0.15, 0.2) is 5.82 Å². The van der Waals surface area contributed by atoms with E-state index in [1.54, 1.807) is 10.9 Å². The van der Waals surface area contributed by atoms with E-state index in [4.69, 9.17) is 9.15 Å². The lowest BCUT2D eigenvalue weighted by Gasteiger charge is -2.33. The number of carbonyl (C=O) groups excluding carboxylic acids is 1. The van der Waals surface area contributed by atoms with E-state index in [1.807, 2.05) is 30.3 Å². The summed E-state index contributed by atoms with van der Waals surface area (Å²) in [6.45, 7) is 3.45. The summed E-state index contributed by atoms with van der Waals surface area (Å²) in [6.07, 6.45) is 2.27. The first-order chi connectivity index (χ1) is 14.3. The van der Waals surface area contributed by atoms with E-state index in [0.717, 1.165) is 24.4 Å². The Hall–Kier alpha value is -3.04. The van der Waals surface area contributed by atoms with Crippen LogP contribution >= 0.6 is 0 Å². The van der Waals surface area contributed by atoms with Crippen molar-refractivity contribution < 1.29 is 13.9 Å². The smallest absolute Gasteiger partial charge is 0.241 e. The van der Waals surface area contributed by atoms with Crippen molar-refractivity contribution in [3.63, 3.8) is 0 Å². The minimum absolute atomic E-state index is 0.0637. The molecular formula is C20H24N6O3. The predicted octanol–water partition coefficient (Wildman–Crippen LogP) is 1.05. The molecule has 0 bridgehead atoms. The van der Waals surface area contributed by atoms with Crippen LogP contribution in [0.3, 0.4) is 0 Å². The molecule has 0 saturated carbocycles. The van der Waals surface area contributed by atoms with Gasteiger partial charge in [0.05, 0.1) is 25.5 Å². The molecule has 4 rings (SSSR count). The maximum atomic E-state index is 12.4. The standard InChI is InChI=1S/C20H24N6O3/c27-18(21-9-8-17-7-4-12-29-17)15-26-20(22-23-24-26)19(16-5-2-1-3-6-16)25-10-13-28-14-11-25/h1-7,12,19H,8-11,13-15H2,(H,21,27). The molecule has 9 nitrogen and oxygen atoms in total. The van der Waals surface area contributed by atoms with Crippen molar-refractivity contribution in [3.05, 3.63) is 65.9 Å². The van der Waals surface area contributed by atoms with Crippen molar-refractivity contribution in [2.45, 2.75) is 19.0 Å². The molecule has 1 unspecified atom stereocenters. The Kier molecular flexibility index (Phi) is 6.28. The number of hydrogen-bond acceptors (Lipinski definition) is 7. The minimum atomic E-state index is -0.140. The molecule has 3 heterocycles. The van der Waals surface area contributed by atoms with E-state index in [0.29, 0.717) is 32.0 Å². The quantitative estimate of drug-likeness (QED) is 0.608. The van der Waals surface area contributed by atoms with E-state index in [1.165, 1.54) is 0 Å². The number of tetrazole rings is 1. The first kappa shape index (κ1) is 19.3. The average molecular weight is 396 g/mol. The molecule has 1 atom stereocenters. The van der Waals surface area contributed by atoms with Gasteiger partial charge in [0.25, 0.3) is 0 Å². The van der Waals surface area contributed by atoms with Crippen LogP contribution in [0.15, 0.2) is 53.1 Å². The molecule has 2 aromatic heterocycles. The first-order valence-electron chi connectivity index (χ1n) is 9.73. The average Bonchev–Trinajstić information content (AvgIpc) is 3.43. The lowest BCUT2D eigenvalue weighted by Crippen LogP contribution is -2.41. The molecule has 9 heteroatoms. The second-order valence-electron chi connectivity index (χ2n) is 6.84. The lowest BCUT2D eigenvalue weighted by atomic mass is 10.0. The number of hydrogen-bond donors (Lipinski definition) is 1. The summed E-state index contributed by atoms with van der Waals surface area (Å²) in [5.74, 6) is 1.35. The van der Waals surface area contributed by atoms with Gasteiger partial charge >= 0.3 is 0 Å². The lowest BCUT2D eigenvalue weighted by molar-refractivity contribution is -0.121. The first-order valence-corrected chi connectivity index (χ1v) is 9.73. The highest BCUT2D eigenvalue weighted by molar-refractivity contribution is 5.75. The van der Waals surface area contributed by atoms with Gasteiger partial charge < -0.3 is 14.5 Å². The second-order valence-corrected chi connectivity index (χ2v) is 6.84. The van der Waals surface area contributed by atoms with Crippen LogP contribution in [-0.4, -0.2) is 63.9 Å². The summed E-state index contributed by atoms with van der Waals surface area (Å²) in [7, 11) is 0. The van der Waals surface area contributed by atoms with E-state index in [-0.39, 0.29) is 18.5 Å². The Bertz CT molecular complexity index is 890. The number of ether oxygens (including phenoxy) is 1. The Morgan fingerprint density at radius 2 is 1.97 bits per heavy atom. The summed E-state index contributed by atoms with van der Waals surface area (Å²) in [5, 5.41) is 15.1. The molecule has 1 amide bonds. The molecule has 3 aromatic rings. The molecule has 1 N–H and O–H groups in total. The number of furan rings is 1. The van der Waals surface area contributed by atoms with Crippen molar-refractivity contribution in [2.24, 2.45) is 0 Å². The van der Waals surface area contributed by atoms with E-state index in [2.05, 4.69) is 37.9 Å². The maximum absolute atomic E-state index is 12.4. The van der Waals surface area contributed by atoms with Crippen LogP contribution in [0.1, 0.15) is 23.2 Å². The second kappa shape index (κ2) is 9.44. The van der Waals surface area contributed by atoms with Gasteiger partial charge in [-0.05, 0) is 28.1 Å². The van der Waals surface area contributed by atoms with Gasteiger partial charge in [-0.15, -0.1) is 5.10 Å². The molecule has 1 saturated heterocycles. The fourth-order valence-corrected chi connectivity index (χ4v) is 3.49. The largest absolute Gasteiger partial charge is 0.469 e. The Morgan fingerprint density at radius 1 is 1.14 bits per heavy atom. The van der Waals surface area contributed by atoms with Gasteiger partial charge in [-0.3, -0.25) is 9.69 Å². The summed E-state index contributed by atoms with van der Waals surface area (Å²) in [4.78, 5) is 14.7. The number of carbonyl (C=O) groups is 1. The van der Waals surface area contributed by atoms with E-state index >= 15 is 0 Å². The molecule has 1 aromatic carbocycles.